The van der Waals surface area contributed by atoms with E-state index in [-0.39, 0.29) is 4.90 Å². The van der Waals surface area contributed by atoms with Gasteiger partial charge in [-0.1, -0.05) is 17.7 Å². The van der Waals surface area contributed by atoms with Gasteiger partial charge in [-0.2, -0.15) is 0 Å². The van der Waals surface area contributed by atoms with Crippen LogP contribution in [0.4, 0.5) is 11.4 Å². The van der Waals surface area contributed by atoms with Gasteiger partial charge in [0.15, 0.2) is 0 Å². The van der Waals surface area contributed by atoms with Crippen LogP contribution in [0.1, 0.15) is 5.56 Å². The SMILES string of the molecule is O=S(=O)(Nc1ccc(I)cc1Cl)c1ccc2c(c1)NCC2. The summed E-state index contributed by atoms with van der Waals surface area (Å²) in [7, 11) is -3.65. The normalized spacial score (nSPS) is 13.6. The van der Waals surface area contributed by atoms with Crippen molar-refractivity contribution in [2.45, 2.75) is 11.3 Å². The van der Waals surface area contributed by atoms with Gasteiger partial charge in [0.05, 0.1) is 15.6 Å². The molecule has 1 aliphatic heterocycles. The van der Waals surface area contributed by atoms with Gasteiger partial charge < -0.3 is 5.32 Å². The molecule has 0 aromatic heterocycles. The van der Waals surface area contributed by atoms with Gasteiger partial charge in [0.2, 0.25) is 0 Å². The number of halogens is 2. The van der Waals surface area contributed by atoms with Crippen LogP contribution in [0.5, 0.6) is 0 Å². The van der Waals surface area contributed by atoms with Gasteiger partial charge >= 0.3 is 0 Å². The van der Waals surface area contributed by atoms with Crippen molar-refractivity contribution >= 4 is 55.6 Å². The molecule has 0 bridgehead atoms. The Balaban J connectivity index is 1.93. The molecule has 0 saturated carbocycles. The van der Waals surface area contributed by atoms with Crippen LogP contribution in [0.25, 0.3) is 0 Å². The maximum atomic E-state index is 12.4. The van der Waals surface area contributed by atoms with Gasteiger partial charge in [-0.05, 0) is 64.9 Å². The van der Waals surface area contributed by atoms with Crippen LogP contribution in [0.3, 0.4) is 0 Å². The Bertz CT molecular complexity index is 809. The minimum atomic E-state index is -3.65. The number of hydrogen-bond donors (Lipinski definition) is 2. The second-order valence-corrected chi connectivity index (χ2v) is 8.06. The van der Waals surface area contributed by atoms with Crippen molar-refractivity contribution in [3.63, 3.8) is 0 Å². The zero-order chi connectivity index (χ0) is 15.0. The number of hydrogen-bond acceptors (Lipinski definition) is 3. The third-order valence-electron chi connectivity index (χ3n) is 3.28. The molecule has 110 valence electrons. The first-order valence-corrected chi connectivity index (χ1v) is 9.24. The third kappa shape index (κ3) is 3.12. The standard InChI is InChI=1S/C14H12ClIN2O2S/c15-12-7-10(16)2-4-13(12)18-21(19,20)11-3-1-9-5-6-17-14(9)8-11/h1-4,7-8,17-18H,5-6H2. The smallest absolute Gasteiger partial charge is 0.262 e. The molecule has 0 fully saturated rings. The summed E-state index contributed by atoms with van der Waals surface area (Å²) in [6.07, 6.45) is 0.923. The summed E-state index contributed by atoms with van der Waals surface area (Å²) >= 11 is 8.19. The van der Waals surface area contributed by atoms with E-state index in [2.05, 4.69) is 32.6 Å². The molecule has 4 nitrogen and oxygen atoms in total. The van der Waals surface area contributed by atoms with Crippen molar-refractivity contribution in [2.75, 3.05) is 16.6 Å². The van der Waals surface area contributed by atoms with E-state index in [9.17, 15) is 8.42 Å². The van der Waals surface area contributed by atoms with Crippen LogP contribution >= 0.6 is 34.2 Å². The molecule has 0 spiro atoms. The van der Waals surface area contributed by atoms with E-state index in [4.69, 9.17) is 11.6 Å². The Labute approximate surface area is 142 Å². The van der Waals surface area contributed by atoms with E-state index in [0.29, 0.717) is 10.7 Å². The van der Waals surface area contributed by atoms with Crippen LogP contribution in [-0.4, -0.2) is 15.0 Å². The highest BCUT2D eigenvalue weighted by atomic mass is 127. The van der Waals surface area contributed by atoms with E-state index in [1.165, 1.54) is 0 Å². The summed E-state index contributed by atoms with van der Waals surface area (Å²) in [6.45, 7) is 0.842. The summed E-state index contributed by atoms with van der Waals surface area (Å²) in [6, 6.07) is 10.3. The van der Waals surface area contributed by atoms with Crippen molar-refractivity contribution in [3.8, 4) is 0 Å². The number of benzene rings is 2. The molecular formula is C14H12ClIN2O2S. The van der Waals surface area contributed by atoms with E-state index >= 15 is 0 Å². The Morgan fingerprint density at radius 2 is 2.00 bits per heavy atom. The maximum Gasteiger partial charge on any atom is 0.262 e. The molecule has 3 rings (SSSR count). The van der Waals surface area contributed by atoms with Gasteiger partial charge in [-0.3, -0.25) is 4.72 Å². The molecule has 2 aromatic carbocycles. The molecule has 0 atom stereocenters. The molecule has 0 radical (unpaired) electrons. The van der Waals surface area contributed by atoms with Crippen LogP contribution in [0.15, 0.2) is 41.3 Å². The Hall–Kier alpha value is -0.990. The van der Waals surface area contributed by atoms with E-state index in [0.717, 1.165) is 27.8 Å². The number of rotatable bonds is 3. The highest BCUT2D eigenvalue weighted by molar-refractivity contribution is 14.1. The second kappa shape index (κ2) is 5.66. The Morgan fingerprint density at radius 3 is 2.76 bits per heavy atom. The lowest BCUT2D eigenvalue weighted by molar-refractivity contribution is 0.601. The lowest BCUT2D eigenvalue weighted by Crippen LogP contribution is -2.13. The molecule has 7 heteroatoms. The molecule has 0 aliphatic carbocycles. The van der Waals surface area contributed by atoms with Crippen LogP contribution in [0.2, 0.25) is 5.02 Å². The molecule has 21 heavy (non-hydrogen) atoms. The average molecular weight is 435 g/mol. The summed E-state index contributed by atoms with van der Waals surface area (Å²) in [5, 5.41) is 3.56. The van der Waals surface area contributed by atoms with Crippen LogP contribution in [0, 0.1) is 3.57 Å². The first kappa shape index (κ1) is 14.9. The predicted molar refractivity (Wildman–Crippen MR) is 93.6 cm³/mol. The number of fused-ring (bicyclic) bond motifs is 1. The number of sulfonamides is 1. The Kier molecular flexibility index (Phi) is 4.02. The van der Waals surface area contributed by atoms with Gasteiger partial charge in [0.25, 0.3) is 10.0 Å². The number of nitrogens with one attached hydrogen (secondary N) is 2. The lowest BCUT2D eigenvalue weighted by Gasteiger charge is -2.11. The van der Waals surface area contributed by atoms with Crippen LogP contribution < -0.4 is 10.0 Å². The monoisotopic (exact) mass is 434 g/mol. The minimum Gasteiger partial charge on any atom is -0.384 e. The van der Waals surface area contributed by atoms with Gasteiger partial charge in [-0.25, -0.2) is 8.42 Å². The summed E-state index contributed by atoms with van der Waals surface area (Å²) in [4.78, 5) is 0.227. The zero-order valence-corrected chi connectivity index (χ0v) is 14.6. The molecule has 1 aliphatic rings. The van der Waals surface area contributed by atoms with Crippen molar-refractivity contribution in [3.05, 3.63) is 50.6 Å². The topological polar surface area (TPSA) is 58.2 Å². The highest BCUT2D eigenvalue weighted by Crippen LogP contribution is 2.29. The predicted octanol–water partition coefficient (Wildman–Crippen LogP) is 3.71. The van der Waals surface area contributed by atoms with E-state index in [1.54, 1.807) is 30.3 Å². The molecule has 0 saturated heterocycles. The summed E-state index contributed by atoms with van der Waals surface area (Å²) in [5.74, 6) is 0. The first-order valence-electron chi connectivity index (χ1n) is 6.30. The molecule has 2 aromatic rings. The van der Waals surface area contributed by atoms with Crippen LogP contribution in [-0.2, 0) is 16.4 Å². The van der Waals surface area contributed by atoms with Gasteiger partial charge in [0, 0.05) is 15.8 Å². The third-order valence-corrected chi connectivity index (χ3v) is 5.62. The zero-order valence-electron chi connectivity index (χ0n) is 10.9. The minimum absolute atomic E-state index is 0.227. The molecule has 1 heterocycles. The Morgan fingerprint density at radius 1 is 1.19 bits per heavy atom. The van der Waals surface area contributed by atoms with Crippen molar-refractivity contribution < 1.29 is 8.42 Å². The maximum absolute atomic E-state index is 12.4. The molecular weight excluding hydrogens is 423 g/mol. The highest BCUT2D eigenvalue weighted by Gasteiger charge is 2.19. The van der Waals surface area contributed by atoms with Crippen molar-refractivity contribution in [2.24, 2.45) is 0 Å². The molecule has 0 unspecified atom stereocenters. The van der Waals surface area contributed by atoms with Crippen molar-refractivity contribution in [1.29, 1.82) is 0 Å². The fourth-order valence-electron chi connectivity index (χ4n) is 2.21. The average Bonchev–Trinajstić information content (AvgIpc) is 2.89. The second-order valence-electron chi connectivity index (χ2n) is 4.73. The van der Waals surface area contributed by atoms with Gasteiger partial charge in [-0.15, -0.1) is 0 Å². The summed E-state index contributed by atoms with van der Waals surface area (Å²) < 4.78 is 28.4. The van der Waals surface area contributed by atoms with Gasteiger partial charge in [0.1, 0.15) is 0 Å². The van der Waals surface area contributed by atoms with E-state index < -0.39 is 10.0 Å². The quantitative estimate of drug-likeness (QED) is 0.724. The number of anilines is 2. The fourth-order valence-corrected chi connectivity index (χ4v) is 4.28. The molecule has 0 amide bonds. The summed E-state index contributed by atoms with van der Waals surface area (Å²) in [5.41, 5.74) is 2.40. The largest absolute Gasteiger partial charge is 0.384 e. The molecule has 2 N–H and O–H groups in total. The lowest BCUT2D eigenvalue weighted by atomic mass is 10.2. The van der Waals surface area contributed by atoms with E-state index in [1.807, 2.05) is 6.07 Å². The first-order chi connectivity index (χ1) is 9.95. The van der Waals surface area contributed by atoms with Crippen molar-refractivity contribution in [1.82, 2.24) is 0 Å². The fraction of sp³-hybridized carbons (Fsp3) is 0.143.